The lowest BCUT2D eigenvalue weighted by Crippen LogP contribution is -2.04. The molecule has 1 N–H and O–H groups in total. The van der Waals surface area contributed by atoms with Gasteiger partial charge < -0.3 is 9.52 Å². The molecule has 0 spiro atoms. The summed E-state index contributed by atoms with van der Waals surface area (Å²) in [6.45, 7) is 0. The average Bonchev–Trinajstić information content (AvgIpc) is 2.47. The third kappa shape index (κ3) is 2.05. The van der Waals surface area contributed by atoms with Crippen molar-refractivity contribution in [3.63, 3.8) is 0 Å². The number of nitrogens with zero attached hydrogens (tertiary/aromatic N) is 1. The molecule has 0 radical (unpaired) electrons. The van der Waals surface area contributed by atoms with Crippen LogP contribution in [0.15, 0.2) is 57.7 Å². The van der Waals surface area contributed by atoms with E-state index in [4.69, 9.17) is 9.52 Å². The Balaban J connectivity index is 2.27. The van der Waals surface area contributed by atoms with Crippen molar-refractivity contribution in [2.75, 3.05) is 0 Å². The number of benzene rings is 2. The Kier molecular flexibility index (Phi) is 2.80. The first-order chi connectivity index (χ1) is 9.65. The second-order valence-corrected chi connectivity index (χ2v) is 4.21. The van der Waals surface area contributed by atoms with Gasteiger partial charge in [-0.25, -0.2) is 14.6 Å². The van der Waals surface area contributed by atoms with Crippen LogP contribution >= 0.6 is 0 Å². The van der Waals surface area contributed by atoms with Crippen molar-refractivity contribution in [1.29, 1.82) is 0 Å². The van der Waals surface area contributed by atoms with Crippen LogP contribution in [0.25, 0.3) is 22.4 Å². The molecule has 5 nitrogen and oxygen atoms in total. The van der Waals surface area contributed by atoms with Gasteiger partial charge in [-0.15, -0.1) is 0 Å². The highest BCUT2D eigenvalue weighted by Crippen LogP contribution is 2.18. The molecule has 0 bridgehead atoms. The topological polar surface area (TPSA) is 80.4 Å². The average molecular weight is 267 g/mol. The Morgan fingerprint density at radius 3 is 2.55 bits per heavy atom. The minimum absolute atomic E-state index is 0.0783. The van der Waals surface area contributed by atoms with Gasteiger partial charge in [0, 0.05) is 5.56 Å². The Morgan fingerprint density at radius 2 is 1.85 bits per heavy atom. The highest BCUT2D eigenvalue weighted by molar-refractivity contribution is 5.92. The summed E-state index contributed by atoms with van der Waals surface area (Å²) in [5.74, 6) is -0.895. The summed E-state index contributed by atoms with van der Waals surface area (Å²) in [5, 5.41) is 9.23. The molecular formula is C15H9NO4. The monoisotopic (exact) mass is 267 g/mol. The molecule has 98 valence electrons. The molecule has 2 aromatic carbocycles. The molecule has 0 aliphatic rings. The van der Waals surface area contributed by atoms with Crippen molar-refractivity contribution in [3.05, 3.63) is 64.5 Å². The van der Waals surface area contributed by atoms with Crippen LogP contribution in [0.3, 0.4) is 0 Å². The van der Waals surface area contributed by atoms with Crippen molar-refractivity contribution < 1.29 is 14.3 Å². The zero-order chi connectivity index (χ0) is 14.1. The van der Waals surface area contributed by atoms with Gasteiger partial charge in [0.05, 0.1) is 16.5 Å². The summed E-state index contributed by atoms with van der Waals surface area (Å²) in [4.78, 5) is 27.1. The molecule has 3 rings (SSSR count). The van der Waals surface area contributed by atoms with Crippen LogP contribution in [0.2, 0.25) is 0 Å². The first-order valence-electron chi connectivity index (χ1n) is 5.89. The van der Waals surface area contributed by atoms with Crippen LogP contribution in [0.1, 0.15) is 10.4 Å². The summed E-state index contributed by atoms with van der Waals surface area (Å²) < 4.78 is 5.16. The maximum Gasteiger partial charge on any atom is 0.347 e. The maximum atomic E-state index is 11.9. The Morgan fingerprint density at radius 1 is 1.10 bits per heavy atom. The van der Waals surface area contributed by atoms with Gasteiger partial charge in [-0.05, 0) is 30.3 Å². The van der Waals surface area contributed by atoms with Crippen LogP contribution < -0.4 is 5.63 Å². The Bertz CT molecular complexity index is 853. The third-order valence-corrected chi connectivity index (χ3v) is 2.90. The van der Waals surface area contributed by atoms with Crippen molar-refractivity contribution in [3.8, 4) is 11.5 Å². The van der Waals surface area contributed by atoms with Crippen molar-refractivity contribution in [2.24, 2.45) is 0 Å². The normalized spacial score (nSPS) is 10.6. The number of carboxylic acids is 1. The fourth-order valence-electron chi connectivity index (χ4n) is 1.91. The van der Waals surface area contributed by atoms with E-state index in [2.05, 4.69) is 4.98 Å². The van der Waals surface area contributed by atoms with Crippen LogP contribution in [0.4, 0.5) is 0 Å². The quantitative estimate of drug-likeness (QED) is 0.771. The van der Waals surface area contributed by atoms with E-state index in [1.54, 1.807) is 24.3 Å². The van der Waals surface area contributed by atoms with E-state index in [-0.39, 0.29) is 16.8 Å². The lowest BCUT2D eigenvalue weighted by atomic mass is 10.1. The second-order valence-electron chi connectivity index (χ2n) is 4.21. The highest BCUT2D eigenvalue weighted by atomic mass is 16.4. The summed E-state index contributed by atoms with van der Waals surface area (Å²) >= 11 is 0. The second kappa shape index (κ2) is 4.62. The summed E-state index contributed by atoms with van der Waals surface area (Å²) in [6.07, 6.45) is 0. The van der Waals surface area contributed by atoms with Crippen LogP contribution in [-0.2, 0) is 0 Å². The SMILES string of the molecule is O=C(O)c1ccc2c(=O)oc(-c3ccccc3)nc2c1. The van der Waals surface area contributed by atoms with Gasteiger partial charge in [0.2, 0.25) is 5.89 Å². The van der Waals surface area contributed by atoms with Gasteiger partial charge in [0.1, 0.15) is 0 Å². The molecule has 3 aromatic rings. The van der Waals surface area contributed by atoms with Gasteiger partial charge in [-0.2, -0.15) is 0 Å². The first kappa shape index (κ1) is 12.1. The molecule has 0 amide bonds. The number of fused-ring (bicyclic) bond motifs is 1. The molecule has 20 heavy (non-hydrogen) atoms. The van der Waals surface area contributed by atoms with E-state index < -0.39 is 11.6 Å². The zero-order valence-electron chi connectivity index (χ0n) is 10.2. The highest BCUT2D eigenvalue weighted by Gasteiger charge is 2.11. The number of rotatable bonds is 2. The molecule has 0 atom stereocenters. The Labute approximate surface area is 113 Å². The van der Waals surface area contributed by atoms with Gasteiger partial charge in [-0.3, -0.25) is 0 Å². The van der Waals surface area contributed by atoms with E-state index in [0.29, 0.717) is 11.1 Å². The number of carboxylic acid groups (broad SMARTS) is 1. The van der Waals surface area contributed by atoms with Gasteiger partial charge in [-0.1, -0.05) is 18.2 Å². The number of aromatic carboxylic acids is 1. The number of aromatic nitrogens is 1. The van der Waals surface area contributed by atoms with Gasteiger partial charge in [0.15, 0.2) is 0 Å². The first-order valence-corrected chi connectivity index (χ1v) is 5.89. The van der Waals surface area contributed by atoms with Crippen LogP contribution in [-0.4, -0.2) is 16.1 Å². The molecule has 0 aliphatic carbocycles. The van der Waals surface area contributed by atoms with Crippen LogP contribution in [0.5, 0.6) is 0 Å². The lowest BCUT2D eigenvalue weighted by molar-refractivity contribution is 0.0697. The molecule has 0 saturated heterocycles. The molecule has 0 aliphatic heterocycles. The van der Waals surface area contributed by atoms with Gasteiger partial charge in [0.25, 0.3) is 0 Å². The molecule has 1 aromatic heterocycles. The van der Waals surface area contributed by atoms with Crippen molar-refractivity contribution in [1.82, 2.24) is 4.98 Å². The fourth-order valence-corrected chi connectivity index (χ4v) is 1.91. The number of hydrogen-bond acceptors (Lipinski definition) is 4. The number of carbonyl (C=O) groups is 1. The fraction of sp³-hybridized carbons (Fsp3) is 0. The van der Waals surface area contributed by atoms with Crippen LogP contribution in [0, 0.1) is 0 Å². The van der Waals surface area contributed by atoms with E-state index >= 15 is 0 Å². The van der Waals surface area contributed by atoms with Gasteiger partial charge >= 0.3 is 11.6 Å². The minimum atomic E-state index is -1.07. The minimum Gasteiger partial charge on any atom is -0.478 e. The van der Waals surface area contributed by atoms with E-state index in [9.17, 15) is 9.59 Å². The smallest absolute Gasteiger partial charge is 0.347 e. The number of hydrogen-bond donors (Lipinski definition) is 1. The largest absolute Gasteiger partial charge is 0.478 e. The standard InChI is InChI=1S/C15H9NO4/c17-14(18)10-6-7-11-12(8-10)16-13(20-15(11)19)9-4-2-1-3-5-9/h1-8H,(H,17,18). The van der Waals surface area contributed by atoms with E-state index in [0.717, 1.165) is 0 Å². The van der Waals surface area contributed by atoms with E-state index in [1.165, 1.54) is 18.2 Å². The summed E-state index contributed by atoms with van der Waals surface area (Å²) in [7, 11) is 0. The van der Waals surface area contributed by atoms with Crippen molar-refractivity contribution >= 4 is 16.9 Å². The maximum absolute atomic E-state index is 11.9. The van der Waals surface area contributed by atoms with Crippen molar-refractivity contribution in [2.45, 2.75) is 0 Å². The Hall–Kier alpha value is -2.95. The van der Waals surface area contributed by atoms with E-state index in [1.807, 2.05) is 6.07 Å². The molecule has 0 fully saturated rings. The lowest BCUT2D eigenvalue weighted by Gasteiger charge is -2.02. The molecule has 0 saturated carbocycles. The molecule has 5 heteroatoms. The molecular weight excluding hydrogens is 258 g/mol. The summed E-state index contributed by atoms with van der Waals surface area (Å²) in [6, 6.07) is 13.1. The molecule has 1 heterocycles. The predicted molar refractivity (Wildman–Crippen MR) is 72.7 cm³/mol. The third-order valence-electron chi connectivity index (χ3n) is 2.90. The zero-order valence-corrected chi connectivity index (χ0v) is 10.2. The summed E-state index contributed by atoms with van der Waals surface area (Å²) in [5.41, 5.74) is 0.507. The predicted octanol–water partition coefficient (Wildman–Crippen LogP) is 2.55. The molecule has 0 unspecified atom stereocenters.